The van der Waals surface area contributed by atoms with E-state index in [0.29, 0.717) is 5.92 Å². The van der Waals surface area contributed by atoms with Gasteiger partial charge in [0.15, 0.2) is 0 Å². The van der Waals surface area contributed by atoms with E-state index in [1.54, 1.807) is 4.90 Å². The van der Waals surface area contributed by atoms with E-state index < -0.39 is 5.60 Å². The van der Waals surface area contributed by atoms with E-state index in [-0.39, 0.29) is 26.5 Å². The molecule has 1 rings (SSSR count). The van der Waals surface area contributed by atoms with Crippen LogP contribution in [0.3, 0.4) is 0 Å². The number of amides is 1. The van der Waals surface area contributed by atoms with Crippen molar-refractivity contribution in [3.63, 3.8) is 0 Å². The van der Waals surface area contributed by atoms with Gasteiger partial charge in [0, 0.05) is 33.5 Å². The molecule has 1 aliphatic heterocycles. The molecule has 0 aliphatic carbocycles. The number of rotatable bonds is 0. The Labute approximate surface area is 106 Å². The molecule has 1 fully saturated rings. The summed E-state index contributed by atoms with van der Waals surface area (Å²) in [6, 6.07) is 0. The van der Waals surface area contributed by atoms with Crippen molar-refractivity contribution in [1.82, 2.24) is 4.90 Å². The number of hydrogen-bond acceptors (Lipinski definition) is 2. The van der Waals surface area contributed by atoms with Crippen molar-refractivity contribution in [2.75, 3.05) is 13.1 Å². The van der Waals surface area contributed by atoms with Gasteiger partial charge in [0.05, 0.1) is 0 Å². The standard InChI is InChI=1S/C11H20NO2.Re/c1-9-5-7-12(8-6-9)10(13)14-11(2,3)4;/h9H,1,5-8H2,2-4H3;/q-1;. The molecule has 4 heteroatoms. The molecule has 3 nitrogen and oxygen atoms in total. The summed E-state index contributed by atoms with van der Waals surface area (Å²) >= 11 is 0. The fourth-order valence-corrected chi connectivity index (χ4v) is 1.44. The minimum absolute atomic E-state index is 0. The SMILES string of the molecule is [CH2-]C1CCN(C(=O)OC(C)(C)C)CC1.[Re]. The monoisotopic (exact) mass is 385 g/mol. The average Bonchev–Trinajstić information content (AvgIpc) is 2.02. The van der Waals surface area contributed by atoms with Crippen LogP contribution in [0.2, 0.25) is 0 Å². The third kappa shape index (κ3) is 5.53. The van der Waals surface area contributed by atoms with Crippen molar-refractivity contribution in [3.8, 4) is 0 Å². The van der Waals surface area contributed by atoms with Crippen LogP contribution in [-0.2, 0) is 25.2 Å². The summed E-state index contributed by atoms with van der Waals surface area (Å²) in [6.45, 7) is 11.2. The van der Waals surface area contributed by atoms with Crippen LogP contribution in [0.15, 0.2) is 0 Å². The van der Waals surface area contributed by atoms with Gasteiger partial charge >= 0.3 is 6.09 Å². The van der Waals surface area contributed by atoms with Gasteiger partial charge in [-0.15, -0.1) is 0 Å². The van der Waals surface area contributed by atoms with E-state index >= 15 is 0 Å². The Balaban J connectivity index is 0.00000196. The van der Waals surface area contributed by atoms with Crippen molar-refractivity contribution in [1.29, 1.82) is 0 Å². The Morgan fingerprint density at radius 3 is 2.20 bits per heavy atom. The molecule has 1 saturated heterocycles. The second-order valence-corrected chi connectivity index (χ2v) is 4.91. The van der Waals surface area contributed by atoms with Crippen LogP contribution in [-0.4, -0.2) is 29.7 Å². The van der Waals surface area contributed by atoms with Gasteiger partial charge in [-0.1, -0.05) is 12.8 Å². The fraction of sp³-hybridized carbons (Fsp3) is 0.818. The average molecular weight is 384 g/mol. The molecule has 0 aromatic carbocycles. The second kappa shape index (κ2) is 5.86. The molecule has 1 aliphatic rings. The smallest absolute Gasteiger partial charge is 0.410 e. The number of piperidine rings is 1. The van der Waals surface area contributed by atoms with E-state index in [9.17, 15) is 4.79 Å². The molecule has 0 unspecified atom stereocenters. The summed E-state index contributed by atoms with van der Waals surface area (Å²) in [6.07, 6.45) is 1.78. The topological polar surface area (TPSA) is 29.5 Å². The molecule has 1 heterocycles. The second-order valence-electron chi connectivity index (χ2n) is 4.91. The van der Waals surface area contributed by atoms with Crippen LogP contribution in [0.5, 0.6) is 0 Å². The third-order valence-electron chi connectivity index (χ3n) is 2.27. The first-order valence-corrected chi connectivity index (χ1v) is 5.19. The fourth-order valence-electron chi connectivity index (χ4n) is 1.44. The van der Waals surface area contributed by atoms with Crippen LogP contribution < -0.4 is 0 Å². The van der Waals surface area contributed by atoms with Crippen LogP contribution in [0.25, 0.3) is 0 Å². The molecule has 0 atom stereocenters. The van der Waals surface area contributed by atoms with Crippen molar-refractivity contribution < 1.29 is 30.0 Å². The van der Waals surface area contributed by atoms with Gasteiger partial charge in [-0.2, -0.15) is 5.92 Å². The quantitative estimate of drug-likeness (QED) is 0.601. The van der Waals surface area contributed by atoms with Crippen molar-refractivity contribution in [2.24, 2.45) is 5.92 Å². The van der Waals surface area contributed by atoms with E-state index in [4.69, 9.17) is 4.74 Å². The predicted molar refractivity (Wildman–Crippen MR) is 55.9 cm³/mol. The van der Waals surface area contributed by atoms with E-state index in [1.165, 1.54) is 0 Å². The van der Waals surface area contributed by atoms with Crippen molar-refractivity contribution >= 4 is 6.09 Å². The molecule has 1 amide bonds. The largest absolute Gasteiger partial charge is 0.444 e. The molecule has 0 bridgehead atoms. The zero-order valence-electron chi connectivity index (χ0n) is 9.75. The number of carbonyl (C=O) groups excluding carboxylic acids is 1. The van der Waals surface area contributed by atoms with Gasteiger partial charge in [0.2, 0.25) is 0 Å². The maximum Gasteiger partial charge on any atom is 0.410 e. The van der Waals surface area contributed by atoms with Gasteiger partial charge in [0.1, 0.15) is 5.60 Å². The maximum atomic E-state index is 11.6. The Hall–Kier alpha value is -0.0677. The molecule has 0 aromatic heterocycles. The molecule has 89 valence electrons. The summed E-state index contributed by atoms with van der Waals surface area (Å²) < 4.78 is 5.28. The number of nitrogens with zero attached hydrogens (tertiary/aromatic N) is 1. The number of likely N-dealkylation sites (tertiary alicyclic amines) is 1. The van der Waals surface area contributed by atoms with Crippen LogP contribution in [0, 0.1) is 12.8 Å². The zero-order chi connectivity index (χ0) is 10.8. The molecule has 0 N–H and O–H groups in total. The minimum Gasteiger partial charge on any atom is -0.444 e. The number of ether oxygens (including phenoxy) is 1. The first kappa shape index (κ1) is 14.9. The molecule has 0 saturated carbocycles. The summed E-state index contributed by atoms with van der Waals surface area (Å²) in [4.78, 5) is 13.4. The molecule has 15 heavy (non-hydrogen) atoms. The molecule has 1 radical (unpaired) electrons. The van der Waals surface area contributed by atoms with Gasteiger partial charge < -0.3 is 16.6 Å². The van der Waals surface area contributed by atoms with Crippen LogP contribution >= 0.6 is 0 Å². The molecule has 0 spiro atoms. The Morgan fingerprint density at radius 2 is 1.80 bits per heavy atom. The summed E-state index contributed by atoms with van der Waals surface area (Å²) in [7, 11) is 0. The third-order valence-corrected chi connectivity index (χ3v) is 2.27. The summed E-state index contributed by atoms with van der Waals surface area (Å²) in [5.41, 5.74) is -0.390. The normalized spacial score (nSPS) is 18.3. The van der Waals surface area contributed by atoms with Crippen LogP contribution in [0.1, 0.15) is 33.6 Å². The Morgan fingerprint density at radius 1 is 1.33 bits per heavy atom. The molecular formula is C11H20NO2Re-. The first-order chi connectivity index (χ1) is 6.38. The zero-order valence-corrected chi connectivity index (χ0v) is 12.5. The van der Waals surface area contributed by atoms with Gasteiger partial charge in [-0.25, -0.2) is 4.79 Å². The minimum atomic E-state index is -0.390. The van der Waals surface area contributed by atoms with Crippen LogP contribution in [0.4, 0.5) is 4.79 Å². The Kier molecular flexibility index (Phi) is 5.84. The maximum absolute atomic E-state index is 11.6. The Bertz CT molecular complexity index is 205. The predicted octanol–water partition coefficient (Wildman–Crippen LogP) is 2.47. The molecular weight excluding hydrogens is 364 g/mol. The molecule has 0 aromatic rings. The van der Waals surface area contributed by atoms with E-state index in [2.05, 4.69) is 6.92 Å². The summed E-state index contributed by atoms with van der Waals surface area (Å²) in [5.74, 6) is 0.494. The number of carbonyl (C=O) groups is 1. The van der Waals surface area contributed by atoms with E-state index in [1.807, 2.05) is 20.8 Å². The van der Waals surface area contributed by atoms with E-state index in [0.717, 1.165) is 25.9 Å². The first-order valence-electron chi connectivity index (χ1n) is 5.19. The number of hydrogen-bond donors (Lipinski definition) is 0. The van der Waals surface area contributed by atoms with Gasteiger partial charge in [-0.05, 0) is 20.8 Å². The van der Waals surface area contributed by atoms with Gasteiger partial charge in [0.25, 0.3) is 0 Å². The van der Waals surface area contributed by atoms with Crippen molar-refractivity contribution in [3.05, 3.63) is 6.92 Å². The van der Waals surface area contributed by atoms with Gasteiger partial charge in [-0.3, -0.25) is 0 Å². The van der Waals surface area contributed by atoms with Crippen molar-refractivity contribution in [2.45, 2.75) is 39.2 Å². The summed E-state index contributed by atoms with van der Waals surface area (Å²) in [5, 5.41) is 0.